The maximum absolute atomic E-state index is 7.31. The number of furan rings is 3. The normalized spacial score (nSPS) is 13.0. The summed E-state index contributed by atoms with van der Waals surface area (Å²) < 4.78 is 20.7. The largest absolute Gasteiger partial charge is 0.456 e. The molecule has 0 saturated heterocycles. The van der Waals surface area contributed by atoms with Crippen molar-refractivity contribution < 1.29 is 13.3 Å². The van der Waals surface area contributed by atoms with Crippen LogP contribution in [0.4, 0.5) is 17.1 Å². The first kappa shape index (κ1) is 42.2. The third-order valence-corrected chi connectivity index (χ3v) is 16.7. The van der Waals surface area contributed by atoms with Crippen LogP contribution in [0.5, 0.6) is 0 Å². The molecule has 0 radical (unpaired) electrons. The van der Waals surface area contributed by atoms with Gasteiger partial charge in [-0.1, -0.05) is 200 Å². The van der Waals surface area contributed by atoms with Crippen LogP contribution >= 0.6 is 0 Å². The van der Waals surface area contributed by atoms with Gasteiger partial charge in [-0.05, 0) is 127 Å². The highest BCUT2D eigenvalue weighted by atomic mass is 16.3. The molecule has 2 aliphatic rings. The lowest BCUT2D eigenvalue weighted by Gasteiger charge is -2.30. The van der Waals surface area contributed by atoms with Crippen molar-refractivity contribution in [2.45, 2.75) is 5.41 Å². The lowest BCUT2D eigenvalue weighted by molar-refractivity contribution is 0.664. The average Bonchev–Trinajstić information content (AvgIpc) is 3.74. The van der Waals surface area contributed by atoms with E-state index in [1.54, 1.807) is 0 Å². The van der Waals surface area contributed by atoms with Crippen molar-refractivity contribution in [2.75, 3.05) is 4.90 Å². The number of benzene rings is 12. The van der Waals surface area contributed by atoms with Crippen molar-refractivity contribution in [1.82, 2.24) is 0 Å². The fourth-order valence-corrected chi connectivity index (χ4v) is 13.5. The molecule has 0 bridgehead atoms. The predicted molar refractivity (Wildman–Crippen MR) is 316 cm³/mol. The van der Waals surface area contributed by atoms with Gasteiger partial charge in [-0.3, -0.25) is 0 Å². The summed E-state index contributed by atoms with van der Waals surface area (Å²) in [7, 11) is 0. The Kier molecular flexibility index (Phi) is 8.73. The Labute approximate surface area is 442 Å². The minimum atomic E-state index is -0.495. The molecule has 2 aliphatic carbocycles. The standard InChI is InChI=1S/C73H43NO3/c1-2-16-44(17-3-1)45-32-36-47(37-33-45)74(48-38-34-46(35-39-48)50-23-14-24-54-53-20-7-12-30-64(53)76-71(50)54)49-40-41-66-58(42-49)59-43-67-69(56-22-8-13-31-65(56)75-67)70(72(59)77-66)57-25-15-29-63-68(57)55-21-6-11-28-62(55)73(63)60-26-9-4-18-51(60)52-19-5-10-27-61(52)73/h1-43H. The highest BCUT2D eigenvalue weighted by molar-refractivity contribution is 6.25. The lowest BCUT2D eigenvalue weighted by Crippen LogP contribution is -2.25. The van der Waals surface area contributed by atoms with Gasteiger partial charge in [0.15, 0.2) is 0 Å². The van der Waals surface area contributed by atoms with Gasteiger partial charge in [-0.2, -0.15) is 0 Å². The maximum atomic E-state index is 7.31. The minimum Gasteiger partial charge on any atom is -0.456 e. The molecule has 0 aliphatic heterocycles. The number of para-hydroxylation sites is 3. The van der Waals surface area contributed by atoms with E-state index in [0.717, 1.165) is 111 Å². The van der Waals surface area contributed by atoms with Crippen molar-refractivity contribution in [1.29, 1.82) is 0 Å². The van der Waals surface area contributed by atoms with Crippen LogP contribution in [0.2, 0.25) is 0 Å². The van der Waals surface area contributed by atoms with Crippen LogP contribution in [0.15, 0.2) is 274 Å². The predicted octanol–water partition coefficient (Wildman–Crippen LogP) is 20.2. The van der Waals surface area contributed by atoms with Crippen LogP contribution in [0, 0.1) is 0 Å². The molecule has 0 saturated carbocycles. The summed E-state index contributed by atoms with van der Waals surface area (Å²) >= 11 is 0. The molecule has 1 spiro atoms. The van der Waals surface area contributed by atoms with E-state index >= 15 is 0 Å². The molecule has 15 aromatic rings. The minimum absolute atomic E-state index is 0.495. The molecular weight excluding hydrogens is 939 g/mol. The Morgan fingerprint density at radius 1 is 0.260 bits per heavy atom. The highest BCUT2D eigenvalue weighted by Crippen LogP contribution is 2.64. The molecule has 4 heteroatoms. The highest BCUT2D eigenvalue weighted by Gasteiger charge is 2.52. The van der Waals surface area contributed by atoms with Gasteiger partial charge in [-0.25, -0.2) is 0 Å². The Morgan fingerprint density at radius 2 is 0.766 bits per heavy atom. The number of rotatable bonds is 6. The molecule has 77 heavy (non-hydrogen) atoms. The molecule has 4 nitrogen and oxygen atoms in total. The molecule has 17 rings (SSSR count). The SMILES string of the molecule is c1ccc(-c2ccc(N(c3ccc(-c4cccc5c4oc4ccccc45)cc3)c3ccc4oc5c(-c6cccc7c6-c6ccccc6C76c7ccccc7-c7ccccc76)c6c(cc5c4c3)oc3ccccc36)cc2)cc1. The lowest BCUT2D eigenvalue weighted by atomic mass is 9.70. The summed E-state index contributed by atoms with van der Waals surface area (Å²) in [4.78, 5) is 2.34. The van der Waals surface area contributed by atoms with E-state index in [9.17, 15) is 0 Å². The smallest absolute Gasteiger partial charge is 0.144 e. The van der Waals surface area contributed by atoms with Crippen LogP contribution < -0.4 is 4.90 Å². The van der Waals surface area contributed by atoms with E-state index in [4.69, 9.17) is 13.3 Å². The first-order valence-electron chi connectivity index (χ1n) is 26.4. The summed E-state index contributed by atoms with van der Waals surface area (Å²) in [5.74, 6) is 0. The quantitative estimate of drug-likeness (QED) is 0.166. The van der Waals surface area contributed by atoms with E-state index in [0.29, 0.717) is 0 Å². The topological polar surface area (TPSA) is 42.7 Å². The summed E-state index contributed by atoms with van der Waals surface area (Å²) in [6.07, 6.45) is 0. The second kappa shape index (κ2) is 15.9. The third-order valence-electron chi connectivity index (χ3n) is 16.7. The molecule has 3 aromatic heterocycles. The molecule has 0 unspecified atom stereocenters. The van der Waals surface area contributed by atoms with E-state index in [2.05, 4.69) is 254 Å². The summed E-state index contributed by atoms with van der Waals surface area (Å²) in [5, 5.41) is 6.33. The first-order chi connectivity index (χ1) is 38.2. The van der Waals surface area contributed by atoms with Crippen LogP contribution in [-0.2, 0) is 5.41 Å². The zero-order chi connectivity index (χ0) is 50.3. The van der Waals surface area contributed by atoms with Gasteiger partial charge in [-0.15, -0.1) is 0 Å². The zero-order valence-corrected chi connectivity index (χ0v) is 41.5. The molecule has 0 fully saturated rings. The van der Waals surface area contributed by atoms with Gasteiger partial charge in [0.1, 0.15) is 33.5 Å². The Balaban J connectivity index is 0.883. The number of hydrogen-bond acceptors (Lipinski definition) is 4. The molecule has 0 amide bonds. The third kappa shape index (κ3) is 5.87. The van der Waals surface area contributed by atoms with Gasteiger partial charge in [0.05, 0.1) is 5.41 Å². The van der Waals surface area contributed by atoms with Crippen molar-refractivity contribution in [3.63, 3.8) is 0 Å². The van der Waals surface area contributed by atoms with Crippen molar-refractivity contribution >= 4 is 82.9 Å². The van der Waals surface area contributed by atoms with Gasteiger partial charge in [0.25, 0.3) is 0 Å². The second-order valence-corrected chi connectivity index (χ2v) is 20.6. The molecule has 0 N–H and O–H groups in total. The van der Waals surface area contributed by atoms with Crippen LogP contribution in [-0.4, -0.2) is 0 Å². The average molecular weight is 982 g/mol. The molecule has 3 heterocycles. The van der Waals surface area contributed by atoms with Crippen molar-refractivity contribution in [2.24, 2.45) is 0 Å². The van der Waals surface area contributed by atoms with Gasteiger partial charge < -0.3 is 18.2 Å². The fraction of sp³-hybridized carbons (Fsp3) is 0.0137. The van der Waals surface area contributed by atoms with Crippen molar-refractivity contribution in [3.05, 3.63) is 283 Å². The van der Waals surface area contributed by atoms with Crippen molar-refractivity contribution in [3.8, 4) is 55.6 Å². The van der Waals surface area contributed by atoms with Crippen LogP contribution in [0.1, 0.15) is 22.3 Å². The Morgan fingerprint density at radius 3 is 1.51 bits per heavy atom. The molecule has 0 atom stereocenters. The Hall–Kier alpha value is -10.2. The summed E-state index contributed by atoms with van der Waals surface area (Å²) in [6.45, 7) is 0. The maximum Gasteiger partial charge on any atom is 0.144 e. The monoisotopic (exact) mass is 981 g/mol. The number of fused-ring (bicyclic) bond motifs is 19. The van der Waals surface area contributed by atoms with Gasteiger partial charge >= 0.3 is 0 Å². The number of hydrogen-bond donors (Lipinski definition) is 0. The number of anilines is 3. The van der Waals surface area contributed by atoms with Gasteiger partial charge in [0, 0.05) is 60.5 Å². The number of nitrogens with zero attached hydrogens (tertiary/aromatic N) is 1. The molecular formula is C73H43NO3. The van der Waals surface area contributed by atoms with Gasteiger partial charge in [0.2, 0.25) is 0 Å². The van der Waals surface area contributed by atoms with Crippen LogP contribution in [0.25, 0.3) is 121 Å². The van der Waals surface area contributed by atoms with E-state index in [1.807, 2.05) is 12.1 Å². The fourth-order valence-electron chi connectivity index (χ4n) is 13.5. The zero-order valence-electron chi connectivity index (χ0n) is 41.5. The molecule has 12 aromatic carbocycles. The van der Waals surface area contributed by atoms with E-state index in [-0.39, 0.29) is 0 Å². The molecule has 358 valence electrons. The first-order valence-corrected chi connectivity index (χ1v) is 26.4. The second-order valence-electron chi connectivity index (χ2n) is 20.6. The van der Waals surface area contributed by atoms with Crippen LogP contribution in [0.3, 0.4) is 0 Å². The van der Waals surface area contributed by atoms with E-state index < -0.39 is 5.41 Å². The summed E-state index contributed by atoms with van der Waals surface area (Å²) in [5.41, 5.74) is 24.5. The van der Waals surface area contributed by atoms with E-state index in [1.165, 1.54) is 50.1 Å². The Bertz CT molecular complexity index is 4870. The summed E-state index contributed by atoms with van der Waals surface area (Å²) in [6, 6.07) is 94.2.